The number of ketones is 1. The topological polar surface area (TPSA) is 76.2 Å². The summed E-state index contributed by atoms with van der Waals surface area (Å²) in [5, 5.41) is 14.7. The van der Waals surface area contributed by atoms with Crippen molar-refractivity contribution in [3.05, 3.63) is 94.5 Å². The van der Waals surface area contributed by atoms with Crippen LogP contribution in [0.25, 0.3) is 54.3 Å². The van der Waals surface area contributed by atoms with Crippen molar-refractivity contribution in [2.24, 2.45) is 16.7 Å². The minimum Gasteiger partial charge on any atom is -0.512 e. The summed E-state index contributed by atoms with van der Waals surface area (Å²) in [4.78, 5) is 23.0. The predicted molar refractivity (Wildman–Crippen MR) is 234 cm³/mol. The van der Waals surface area contributed by atoms with E-state index in [1.165, 1.54) is 43.1 Å². The van der Waals surface area contributed by atoms with E-state index in [1.807, 2.05) is 71.5 Å². The Morgan fingerprint density at radius 3 is 2.20 bits per heavy atom. The number of aromatic nitrogens is 2. The first-order chi connectivity index (χ1) is 25.9. The van der Waals surface area contributed by atoms with Crippen LogP contribution in [0.1, 0.15) is 123 Å². The maximum atomic E-state index is 12.2. The van der Waals surface area contributed by atoms with Gasteiger partial charge in [0.1, 0.15) is 5.76 Å². The summed E-state index contributed by atoms with van der Waals surface area (Å²) in [6.07, 6.45) is 11.4. The van der Waals surface area contributed by atoms with E-state index in [2.05, 4.69) is 95.9 Å². The number of carbonyl (C=O) groups excluding carboxylic acids is 1. The zero-order chi connectivity index (χ0) is 40.5. The van der Waals surface area contributed by atoms with E-state index in [9.17, 15) is 9.90 Å². The van der Waals surface area contributed by atoms with Crippen molar-refractivity contribution in [3.8, 4) is 22.4 Å². The van der Waals surface area contributed by atoms with Crippen LogP contribution in [0.3, 0.4) is 0 Å². The van der Waals surface area contributed by atoms with E-state index >= 15 is 0 Å². The molecule has 0 aliphatic heterocycles. The maximum Gasteiger partial charge on any atom is 0.219 e. The van der Waals surface area contributed by atoms with Crippen molar-refractivity contribution in [1.29, 1.82) is 0 Å². The van der Waals surface area contributed by atoms with Gasteiger partial charge in [0, 0.05) is 63.9 Å². The van der Waals surface area contributed by atoms with Gasteiger partial charge in [0.2, 0.25) is 5.71 Å². The Balaban J connectivity index is 0.000000330. The molecule has 56 heavy (non-hydrogen) atoms. The number of aliphatic hydroxyl groups is 1. The summed E-state index contributed by atoms with van der Waals surface area (Å²) in [7, 11) is 0. The minimum absolute atomic E-state index is 0. The number of aliphatic hydroxyl groups excluding tert-OH is 1. The molecule has 5 nitrogen and oxygen atoms in total. The van der Waals surface area contributed by atoms with Gasteiger partial charge < -0.3 is 14.5 Å². The fourth-order valence-corrected chi connectivity index (χ4v) is 8.60. The monoisotopic (exact) mass is 950 g/mol. The quantitative estimate of drug-likeness (QED) is 0.0795. The fourth-order valence-electron chi connectivity index (χ4n) is 7.14. The predicted octanol–water partition coefficient (Wildman–Crippen LogP) is 14.5. The Hall–Kier alpha value is -3.64. The van der Waals surface area contributed by atoms with Crippen LogP contribution in [0.5, 0.6) is 0 Å². The van der Waals surface area contributed by atoms with Crippen LogP contribution in [-0.4, -0.2) is 20.9 Å². The Kier molecular flexibility index (Phi) is 14.4. The van der Waals surface area contributed by atoms with Gasteiger partial charge >= 0.3 is 0 Å². The summed E-state index contributed by atoms with van der Waals surface area (Å²) in [6, 6.07) is 17.0. The van der Waals surface area contributed by atoms with Crippen molar-refractivity contribution < 1.29 is 34.4 Å². The molecular weight excluding hydrogens is 889 g/mol. The number of hydrogen-bond donors (Lipinski definition) is 1. The average Bonchev–Trinajstić information content (AvgIpc) is 3.70. The Bertz CT molecular complexity index is 2350. The number of fused-ring (bicyclic) bond motifs is 3. The van der Waals surface area contributed by atoms with Gasteiger partial charge in [-0.15, -0.1) is 29.0 Å². The zero-order valence-electron chi connectivity index (χ0n) is 35.8. The van der Waals surface area contributed by atoms with Crippen LogP contribution in [0, 0.1) is 36.7 Å². The SMILES string of the molecule is CCC(C)(CC)C(=O)/C=C(\O)C(C)(CC)CC.Cc1c(CC(C)C)sc2cc(-c3cc(-c4[c-]c5cnccc5c(C(C)(C)C)c4)nc4occ(C)c34)ccc12.[Ir]. The molecule has 301 valence electrons. The van der Waals surface area contributed by atoms with Gasteiger partial charge in [-0.3, -0.25) is 9.78 Å². The van der Waals surface area contributed by atoms with E-state index in [4.69, 9.17) is 9.40 Å². The number of benzene rings is 2. The van der Waals surface area contributed by atoms with E-state index in [0.29, 0.717) is 11.6 Å². The number of nitrogens with zero attached hydrogens (tertiary/aromatic N) is 2. The number of rotatable bonds is 11. The molecule has 2 aromatic carbocycles. The Morgan fingerprint density at radius 2 is 1.59 bits per heavy atom. The zero-order valence-corrected chi connectivity index (χ0v) is 39.0. The molecule has 0 unspecified atom stereocenters. The summed E-state index contributed by atoms with van der Waals surface area (Å²) in [6.45, 7) is 27.8. The molecule has 4 heterocycles. The molecule has 1 N–H and O–H groups in total. The van der Waals surface area contributed by atoms with Crippen molar-refractivity contribution in [2.45, 2.75) is 128 Å². The van der Waals surface area contributed by atoms with Gasteiger partial charge in [0.25, 0.3) is 0 Å². The standard InChI is InChI=1S/C34H33N2OS.C15H28O2.Ir/c1-19(2)12-30-21(4)25-9-8-22(15-31(25)38-30)27-16-29(36-33-32(27)20(3)18-37-33)23-13-24-17-35-11-10-26(24)28(14-23)34(5,6)7;1-7-14(5,8-2)12(16)11-13(17)15(6,9-3)10-4;/h8-11,14-19H,12H2,1-7H3;11,16H,7-10H2,1-6H3;/q-1;;/b;12-11-;. The van der Waals surface area contributed by atoms with Crippen molar-refractivity contribution in [1.82, 2.24) is 9.97 Å². The third-order valence-electron chi connectivity index (χ3n) is 12.0. The molecule has 0 bridgehead atoms. The molecule has 6 aromatic rings. The second-order valence-corrected chi connectivity index (χ2v) is 18.4. The number of furan rings is 1. The van der Waals surface area contributed by atoms with Gasteiger partial charge in [-0.2, -0.15) is 0 Å². The second kappa shape index (κ2) is 17.9. The molecule has 0 aliphatic carbocycles. The van der Waals surface area contributed by atoms with Crippen LogP contribution in [0.4, 0.5) is 0 Å². The Labute approximate surface area is 352 Å². The smallest absolute Gasteiger partial charge is 0.219 e. The number of aryl methyl sites for hydroxylation is 2. The number of allylic oxidation sites excluding steroid dienone is 2. The molecule has 1 radical (unpaired) electrons. The number of thiophene rings is 1. The van der Waals surface area contributed by atoms with Crippen LogP contribution in [0.2, 0.25) is 0 Å². The molecule has 6 rings (SSSR count). The molecule has 0 saturated carbocycles. The van der Waals surface area contributed by atoms with E-state index in [-0.39, 0.29) is 47.9 Å². The van der Waals surface area contributed by atoms with Gasteiger partial charge in [0.15, 0.2) is 5.78 Å². The second-order valence-electron chi connectivity index (χ2n) is 17.3. The van der Waals surface area contributed by atoms with Crippen LogP contribution in [-0.2, 0) is 36.7 Å². The van der Waals surface area contributed by atoms with Crippen molar-refractivity contribution >= 4 is 49.1 Å². The third-order valence-corrected chi connectivity index (χ3v) is 13.3. The first-order valence-corrected chi connectivity index (χ1v) is 20.9. The van der Waals surface area contributed by atoms with Gasteiger partial charge in [-0.1, -0.05) is 117 Å². The number of pyridine rings is 2. The first kappa shape index (κ1) is 45.1. The van der Waals surface area contributed by atoms with Gasteiger partial charge in [0.05, 0.1) is 6.26 Å². The van der Waals surface area contributed by atoms with Crippen LogP contribution >= 0.6 is 11.3 Å². The minimum atomic E-state index is -0.337. The van der Waals surface area contributed by atoms with Crippen molar-refractivity contribution in [2.75, 3.05) is 0 Å². The molecule has 0 spiro atoms. The first-order valence-electron chi connectivity index (χ1n) is 20.1. The van der Waals surface area contributed by atoms with Gasteiger partial charge in [-0.05, 0) is 97.2 Å². The summed E-state index contributed by atoms with van der Waals surface area (Å²) in [5.74, 6) is 0.928. The maximum absolute atomic E-state index is 12.2. The summed E-state index contributed by atoms with van der Waals surface area (Å²) >= 11 is 1.93. The molecule has 0 aliphatic rings. The molecule has 0 atom stereocenters. The molecule has 4 aromatic heterocycles. The molecule has 7 heteroatoms. The summed E-state index contributed by atoms with van der Waals surface area (Å²) in [5.41, 5.74) is 7.95. The molecule has 0 saturated heterocycles. The molecule has 0 fully saturated rings. The molecular formula is C49H61IrN2O3S-. The summed E-state index contributed by atoms with van der Waals surface area (Å²) < 4.78 is 7.31. The van der Waals surface area contributed by atoms with Crippen LogP contribution < -0.4 is 0 Å². The average molecular weight is 950 g/mol. The third kappa shape index (κ3) is 9.22. The van der Waals surface area contributed by atoms with E-state index in [1.54, 1.807) is 0 Å². The number of carbonyl (C=O) groups is 1. The van der Waals surface area contributed by atoms with Crippen LogP contribution in [0.15, 0.2) is 71.3 Å². The number of hydrogen-bond acceptors (Lipinski definition) is 6. The van der Waals surface area contributed by atoms with E-state index < -0.39 is 0 Å². The normalized spacial score (nSPS) is 12.6. The van der Waals surface area contributed by atoms with Crippen molar-refractivity contribution in [3.63, 3.8) is 0 Å². The Morgan fingerprint density at radius 1 is 0.929 bits per heavy atom. The van der Waals surface area contributed by atoms with Gasteiger partial charge in [-0.25, -0.2) is 0 Å². The largest absolute Gasteiger partial charge is 0.512 e. The van der Waals surface area contributed by atoms with E-state index in [0.717, 1.165) is 65.3 Å². The fraction of sp³-hybridized carbons (Fsp3) is 0.449. The molecule has 0 amide bonds.